The molecule has 22 heavy (non-hydrogen) atoms. The molecule has 0 unspecified atom stereocenters. The van der Waals surface area contributed by atoms with E-state index in [1.807, 2.05) is 25.8 Å². The third-order valence-electron chi connectivity index (χ3n) is 3.98. The molecule has 0 bridgehead atoms. The first kappa shape index (κ1) is 21.7. The number of rotatable bonds is 8. The number of hydrogen-bond donors (Lipinski definition) is 1. The van der Waals surface area contributed by atoms with Crippen LogP contribution in [-0.2, 0) is 14.6 Å². The lowest BCUT2D eigenvalue weighted by Gasteiger charge is -2.32. The van der Waals surface area contributed by atoms with E-state index in [-0.39, 0.29) is 42.2 Å². The fraction of sp³-hybridized carbons (Fsp3) is 0.933. The summed E-state index contributed by atoms with van der Waals surface area (Å²) in [7, 11) is -1.14. The Balaban J connectivity index is 0.00000441. The van der Waals surface area contributed by atoms with Crippen molar-refractivity contribution in [1.82, 2.24) is 10.2 Å². The van der Waals surface area contributed by atoms with Crippen LogP contribution in [0.15, 0.2) is 0 Å². The van der Waals surface area contributed by atoms with Crippen molar-refractivity contribution in [3.8, 4) is 0 Å². The molecule has 7 heteroatoms. The average Bonchev–Trinajstić information content (AvgIpc) is 2.42. The standard InChI is InChI=1S/C15H30N2O3S.ClH/c1-13(2)12-21(19,20)11-7-15(18)17-9-5-14(6-10-17)4-8-16-3;/h13-14,16H,4-12H2,1-3H3;1H. The van der Waals surface area contributed by atoms with Gasteiger partial charge < -0.3 is 10.2 Å². The van der Waals surface area contributed by atoms with Gasteiger partial charge in [-0.15, -0.1) is 12.4 Å². The van der Waals surface area contributed by atoms with Crippen molar-refractivity contribution >= 4 is 28.2 Å². The Morgan fingerprint density at radius 2 is 1.86 bits per heavy atom. The summed E-state index contributed by atoms with van der Waals surface area (Å²) in [5, 5.41) is 3.15. The zero-order valence-electron chi connectivity index (χ0n) is 14.0. The van der Waals surface area contributed by atoms with Crippen LogP contribution in [0.1, 0.15) is 39.5 Å². The maximum absolute atomic E-state index is 12.1. The Morgan fingerprint density at radius 1 is 1.27 bits per heavy atom. The van der Waals surface area contributed by atoms with Gasteiger partial charge in [-0.25, -0.2) is 8.42 Å². The average molecular weight is 355 g/mol. The highest BCUT2D eigenvalue weighted by atomic mass is 35.5. The predicted molar refractivity (Wildman–Crippen MR) is 93.2 cm³/mol. The molecule has 1 rings (SSSR count). The summed E-state index contributed by atoms with van der Waals surface area (Å²) in [4.78, 5) is 13.9. The smallest absolute Gasteiger partial charge is 0.223 e. The molecule has 1 aliphatic heterocycles. The van der Waals surface area contributed by atoms with Crippen LogP contribution in [-0.4, -0.2) is 57.4 Å². The molecule has 0 aromatic carbocycles. The molecule has 1 N–H and O–H groups in total. The lowest BCUT2D eigenvalue weighted by atomic mass is 9.93. The van der Waals surface area contributed by atoms with E-state index in [2.05, 4.69) is 5.32 Å². The minimum atomic E-state index is -3.09. The summed E-state index contributed by atoms with van der Waals surface area (Å²) in [6, 6.07) is 0. The highest BCUT2D eigenvalue weighted by molar-refractivity contribution is 7.91. The van der Waals surface area contributed by atoms with E-state index in [1.165, 1.54) is 0 Å². The van der Waals surface area contributed by atoms with Gasteiger partial charge in [-0.05, 0) is 44.7 Å². The molecule has 1 amide bonds. The number of halogens is 1. The minimum Gasteiger partial charge on any atom is -0.343 e. The second-order valence-electron chi connectivity index (χ2n) is 6.47. The maximum Gasteiger partial charge on any atom is 0.223 e. The molecule has 132 valence electrons. The molecule has 1 saturated heterocycles. The minimum absolute atomic E-state index is 0. The van der Waals surface area contributed by atoms with Crippen LogP contribution < -0.4 is 5.32 Å². The van der Waals surface area contributed by atoms with Crippen molar-refractivity contribution < 1.29 is 13.2 Å². The normalized spacial score (nSPS) is 16.6. The molecule has 0 atom stereocenters. The number of amides is 1. The van der Waals surface area contributed by atoms with Gasteiger partial charge in [0.1, 0.15) is 0 Å². The van der Waals surface area contributed by atoms with E-state index in [0.29, 0.717) is 5.92 Å². The highest BCUT2D eigenvalue weighted by Gasteiger charge is 2.24. The molecular weight excluding hydrogens is 324 g/mol. The van der Waals surface area contributed by atoms with Crippen LogP contribution in [0.4, 0.5) is 0 Å². The molecule has 0 aliphatic carbocycles. The van der Waals surface area contributed by atoms with E-state index >= 15 is 0 Å². The van der Waals surface area contributed by atoms with Gasteiger partial charge in [-0.1, -0.05) is 13.8 Å². The summed E-state index contributed by atoms with van der Waals surface area (Å²) in [6.45, 7) is 6.34. The third-order valence-corrected chi connectivity index (χ3v) is 5.98. The Morgan fingerprint density at radius 3 is 2.36 bits per heavy atom. The number of hydrogen-bond acceptors (Lipinski definition) is 4. The van der Waals surface area contributed by atoms with E-state index in [4.69, 9.17) is 0 Å². The van der Waals surface area contributed by atoms with E-state index in [1.54, 1.807) is 0 Å². The number of carbonyl (C=O) groups excluding carboxylic acids is 1. The molecule has 0 saturated carbocycles. The molecule has 0 aromatic heterocycles. The van der Waals surface area contributed by atoms with Crippen molar-refractivity contribution in [1.29, 1.82) is 0 Å². The predicted octanol–water partition coefficient (Wildman–Crippen LogP) is 1.72. The first-order valence-corrected chi connectivity index (χ1v) is 9.79. The molecule has 1 aliphatic rings. The van der Waals surface area contributed by atoms with Gasteiger partial charge in [0.05, 0.1) is 11.5 Å². The summed E-state index contributed by atoms with van der Waals surface area (Å²) in [5.74, 6) is 0.962. The van der Waals surface area contributed by atoms with Crippen molar-refractivity contribution in [2.75, 3.05) is 38.2 Å². The second-order valence-corrected chi connectivity index (χ2v) is 8.70. The Hall–Kier alpha value is -0.330. The third kappa shape index (κ3) is 8.34. The van der Waals surface area contributed by atoms with Gasteiger partial charge in [0.2, 0.25) is 5.91 Å². The highest BCUT2D eigenvalue weighted by Crippen LogP contribution is 2.20. The van der Waals surface area contributed by atoms with Gasteiger partial charge in [0.25, 0.3) is 0 Å². The monoisotopic (exact) mass is 354 g/mol. The Bertz CT molecular complexity index is 419. The van der Waals surface area contributed by atoms with Gasteiger partial charge in [0, 0.05) is 19.5 Å². The largest absolute Gasteiger partial charge is 0.343 e. The lowest BCUT2D eigenvalue weighted by molar-refractivity contribution is -0.132. The molecule has 5 nitrogen and oxygen atoms in total. The molecule has 1 fully saturated rings. The Kier molecular flexibility index (Phi) is 10.3. The zero-order chi connectivity index (χ0) is 15.9. The van der Waals surface area contributed by atoms with Crippen LogP contribution in [0.2, 0.25) is 0 Å². The number of nitrogens with zero attached hydrogens (tertiary/aromatic N) is 1. The van der Waals surface area contributed by atoms with Crippen LogP contribution in [0.3, 0.4) is 0 Å². The van der Waals surface area contributed by atoms with E-state index < -0.39 is 9.84 Å². The van der Waals surface area contributed by atoms with Crippen molar-refractivity contribution in [2.24, 2.45) is 11.8 Å². The van der Waals surface area contributed by atoms with Crippen molar-refractivity contribution in [2.45, 2.75) is 39.5 Å². The van der Waals surface area contributed by atoms with Crippen molar-refractivity contribution in [3.05, 3.63) is 0 Å². The van der Waals surface area contributed by atoms with Gasteiger partial charge in [-0.3, -0.25) is 4.79 Å². The number of likely N-dealkylation sites (tertiary alicyclic amines) is 1. The second kappa shape index (κ2) is 10.4. The van der Waals surface area contributed by atoms with Gasteiger partial charge >= 0.3 is 0 Å². The summed E-state index contributed by atoms with van der Waals surface area (Å²) >= 11 is 0. The van der Waals surface area contributed by atoms with Gasteiger partial charge in [-0.2, -0.15) is 0 Å². The molecule has 0 radical (unpaired) electrons. The molecule has 0 aromatic rings. The zero-order valence-corrected chi connectivity index (χ0v) is 15.6. The lowest BCUT2D eigenvalue weighted by Crippen LogP contribution is -2.39. The van der Waals surface area contributed by atoms with Crippen LogP contribution in [0.25, 0.3) is 0 Å². The number of piperidine rings is 1. The van der Waals surface area contributed by atoms with Crippen LogP contribution in [0, 0.1) is 11.8 Å². The summed E-state index contributed by atoms with van der Waals surface area (Å²) < 4.78 is 23.6. The van der Waals surface area contributed by atoms with Crippen molar-refractivity contribution in [3.63, 3.8) is 0 Å². The van der Waals surface area contributed by atoms with E-state index in [9.17, 15) is 13.2 Å². The quantitative estimate of drug-likeness (QED) is 0.720. The fourth-order valence-electron chi connectivity index (χ4n) is 2.81. The van der Waals surface area contributed by atoms with Crippen LogP contribution in [0.5, 0.6) is 0 Å². The van der Waals surface area contributed by atoms with Crippen LogP contribution >= 0.6 is 12.4 Å². The topological polar surface area (TPSA) is 66.5 Å². The maximum atomic E-state index is 12.1. The summed E-state index contributed by atoms with van der Waals surface area (Å²) in [6.07, 6.45) is 3.36. The number of carbonyl (C=O) groups is 1. The van der Waals surface area contributed by atoms with E-state index in [0.717, 1.165) is 38.9 Å². The van der Waals surface area contributed by atoms with Gasteiger partial charge in [0.15, 0.2) is 9.84 Å². The SMILES string of the molecule is CNCCC1CCN(C(=O)CCS(=O)(=O)CC(C)C)CC1.Cl. The first-order chi connectivity index (χ1) is 9.84. The molecule has 1 heterocycles. The molecule has 0 spiro atoms. The first-order valence-electron chi connectivity index (χ1n) is 7.97. The fourth-order valence-corrected chi connectivity index (χ4v) is 4.48. The Labute approximate surface area is 141 Å². The summed E-state index contributed by atoms with van der Waals surface area (Å²) in [5.41, 5.74) is 0. The molecular formula is C15H31ClN2O3S. The number of sulfone groups is 1. The number of nitrogens with one attached hydrogen (secondary N) is 1.